The molecular weight excluding hydrogens is 252 g/mol. The second-order valence-electron chi connectivity index (χ2n) is 5.69. The van der Waals surface area contributed by atoms with Gasteiger partial charge in [0.1, 0.15) is 17.5 Å². The van der Waals surface area contributed by atoms with Gasteiger partial charge in [0.2, 0.25) is 0 Å². The largest absolute Gasteiger partial charge is 0.378 e. The summed E-state index contributed by atoms with van der Waals surface area (Å²) in [4.78, 5) is 9.26. The zero-order valence-corrected chi connectivity index (χ0v) is 12.4. The number of aromatic nitrogens is 2. The molecule has 0 atom stereocenters. The van der Waals surface area contributed by atoms with Gasteiger partial charge in [-0.25, -0.2) is 9.97 Å². The molecule has 2 aliphatic carbocycles. The van der Waals surface area contributed by atoms with Gasteiger partial charge in [0.05, 0.1) is 6.10 Å². The molecule has 20 heavy (non-hydrogen) atoms. The van der Waals surface area contributed by atoms with Crippen molar-refractivity contribution < 1.29 is 4.74 Å². The van der Waals surface area contributed by atoms with Crippen LogP contribution in [0, 0.1) is 0 Å². The summed E-state index contributed by atoms with van der Waals surface area (Å²) in [6, 6.07) is 2.51. The molecule has 3 rings (SSSR count). The smallest absolute Gasteiger partial charge is 0.136 e. The van der Waals surface area contributed by atoms with Crippen LogP contribution in [0.3, 0.4) is 0 Å². The number of ether oxygens (including phenoxy) is 1. The monoisotopic (exact) mass is 276 g/mol. The molecule has 0 radical (unpaired) electrons. The van der Waals surface area contributed by atoms with E-state index in [1.54, 1.807) is 0 Å². The van der Waals surface area contributed by atoms with E-state index in [2.05, 4.69) is 34.4 Å². The van der Waals surface area contributed by atoms with Gasteiger partial charge in [-0.2, -0.15) is 0 Å². The first kappa shape index (κ1) is 13.6. The third-order valence-electron chi connectivity index (χ3n) is 3.89. The fourth-order valence-corrected chi connectivity index (χ4v) is 2.60. The topological polar surface area (TPSA) is 59.1 Å². The Labute approximate surface area is 120 Å². The highest BCUT2D eigenvalue weighted by Crippen LogP contribution is 2.39. The minimum Gasteiger partial charge on any atom is -0.378 e. The van der Waals surface area contributed by atoms with Crippen molar-refractivity contribution in [1.29, 1.82) is 0 Å². The van der Waals surface area contributed by atoms with E-state index in [0.717, 1.165) is 43.5 Å². The second kappa shape index (κ2) is 5.95. The molecule has 0 spiro atoms. The molecule has 0 unspecified atom stereocenters. The van der Waals surface area contributed by atoms with Gasteiger partial charge in [-0.05, 0) is 39.5 Å². The summed E-state index contributed by atoms with van der Waals surface area (Å²) in [5.41, 5.74) is 0. The minimum atomic E-state index is 0.426. The van der Waals surface area contributed by atoms with E-state index < -0.39 is 0 Å². The van der Waals surface area contributed by atoms with Crippen molar-refractivity contribution in [2.75, 3.05) is 23.8 Å². The first-order valence-electron chi connectivity index (χ1n) is 7.79. The molecule has 0 aromatic carbocycles. The van der Waals surface area contributed by atoms with E-state index in [9.17, 15) is 0 Å². The van der Waals surface area contributed by atoms with Crippen molar-refractivity contribution in [3.63, 3.8) is 0 Å². The van der Waals surface area contributed by atoms with Crippen molar-refractivity contribution in [2.24, 2.45) is 0 Å². The standard InChI is InChI=1S/C15H24N4O/c1-3-16-13-9-14(19-15(18-13)10-5-6-10)17-11-7-12(8-11)20-4-2/h9-12H,3-8H2,1-2H3,(H2,16,17,18,19). The maximum Gasteiger partial charge on any atom is 0.136 e. The van der Waals surface area contributed by atoms with Crippen LogP contribution in [-0.2, 0) is 4.74 Å². The Kier molecular flexibility index (Phi) is 4.05. The van der Waals surface area contributed by atoms with Crippen LogP contribution in [0.1, 0.15) is 51.3 Å². The van der Waals surface area contributed by atoms with E-state index in [-0.39, 0.29) is 0 Å². The number of rotatable bonds is 7. The Hall–Kier alpha value is -1.36. The average molecular weight is 276 g/mol. The Bertz CT molecular complexity index is 455. The van der Waals surface area contributed by atoms with Crippen molar-refractivity contribution in [1.82, 2.24) is 9.97 Å². The first-order chi connectivity index (χ1) is 9.78. The predicted molar refractivity (Wildman–Crippen MR) is 80.2 cm³/mol. The highest BCUT2D eigenvalue weighted by Gasteiger charge is 2.31. The van der Waals surface area contributed by atoms with Crippen molar-refractivity contribution in [3.05, 3.63) is 11.9 Å². The van der Waals surface area contributed by atoms with Gasteiger partial charge >= 0.3 is 0 Å². The molecule has 5 heteroatoms. The molecular formula is C15H24N4O. The summed E-state index contributed by atoms with van der Waals surface area (Å²) >= 11 is 0. The fourth-order valence-electron chi connectivity index (χ4n) is 2.60. The van der Waals surface area contributed by atoms with Crippen LogP contribution in [0.5, 0.6) is 0 Å². The summed E-state index contributed by atoms with van der Waals surface area (Å²) in [5, 5.41) is 6.81. The molecule has 110 valence electrons. The van der Waals surface area contributed by atoms with Crippen molar-refractivity contribution >= 4 is 11.6 Å². The second-order valence-corrected chi connectivity index (χ2v) is 5.69. The summed E-state index contributed by atoms with van der Waals surface area (Å²) in [6.45, 7) is 5.83. The van der Waals surface area contributed by atoms with Crippen molar-refractivity contribution in [2.45, 2.75) is 57.6 Å². The van der Waals surface area contributed by atoms with E-state index in [1.165, 1.54) is 12.8 Å². The lowest BCUT2D eigenvalue weighted by molar-refractivity contribution is 0.00292. The summed E-state index contributed by atoms with van der Waals surface area (Å²) in [6.07, 6.45) is 5.03. The van der Waals surface area contributed by atoms with Crippen molar-refractivity contribution in [3.8, 4) is 0 Å². The Morgan fingerprint density at radius 1 is 1.20 bits per heavy atom. The van der Waals surface area contributed by atoms with Gasteiger partial charge in [-0.3, -0.25) is 0 Å². The minimum absolute atomic E-state index is 0.426. The first-order valence-corrected chi connectivity index (χ1v) is 7.79. The predicted octanol–water partition coefficient (Wildman–Crippen LogP) is 2.77. The van der Waals surface area contributed by atoms with E-state index in [4.69, 9.17) is 4.74 Å². The maximum absolute atomic E-state index is 5.59. The lowest BCUT2D eigenvalue weighted by Gasteiger charge is -2.35. The van der Waals surface area contributed by atoms with Gasteiger partial charge in [-0.15, -0.1) is 0 Å². The molecule has 1 aromatic heterocycles. The van der Waals surface area contributed by atoms with Crippen LogP contribution in [0.25, 0.3) is 0 Å². The number of nitrogens with zero attached hydrogens (tertiary/aromatic N) is 2. The van der Waals surface area contributed by atoms with Gasteiger partial charge in [-0.1, -0.05) is 0 Å². The quantitative estimate of drug-likeness (QED) is 0.802. The summed E-state index contributed by atoms with van der Waals surface area (Å²) < 4.78 is 5.59. The molecule has 2 N–H and O–H groups in total. The highest BCUT2D eigenvalue weighted by molar-refractivity contribution is 5.49. The zero-order valence-electron chi connectivity index (χ0n) is 12.4. The maximum atomic E-state index is 5.59. The van der Waals surface area contributed by atoms with Crippen LogP contribution >= 0.6 is 0 Å². The molecule has 5 nitrogen and oxygen atoms in total. The third-order valence-corrected chi connectivity index (χ3v) is 3.89. The molecule has 0 bridgehead atoms. The van der Waals surface area contributed by atoms with Crippen LogP contribution < -0.4 is 10.6 Å². The van der Waals surface area contributed by atoms with E-state index in [0.29, 0.717) is 18.1 Å². The lowest BCUT2D eigenvalue weighted by Crippen LogP contribution is -2.41. The number of nitrogens with one attached hydrogen (secondary N) is 2. The SMILES string of the molecule is CCNc1cc(NC2CC(OCC)C2)nc(C2CC2)n1. The number of anilines is 2. The molecule has 0 saturated heterocycles. The molecule has 2 aliphatic rings. The zero-order chi connectivity index (χ0) is 13.9. The lowest BCUT2D eigenvalue weighted by atomic mass is 9.89. The van der Waals surface area contributed by atoms with Gasteiger partial charge in [0.25, 0.3) is 0 Å². The molecule has 0 aliphatic heterocycles. The van der Waals surface area contributed by atoms with Gasteiger partial charge in [0, 0.05) is 31.2 Å². The van der Waals surface area contributed by atoms with Crippen LogP contribution in [0.2, 0.25) is 0 Å². The Morgan fingerprint density at radius 3 is 2.60 bits per heavy atom. The highest BCUT2D eigenvalue weighted by atomic mass is 16.5. The normalized spacial score (nSPS) is 25.1. The average Bonchev–Trinajstić information content (AvgIpc) is 3.21. The molecule has 2 saturated carbocycles. The number of hydrogen-bond acceptors (Lipinski definition) is 5. The van der Waals surface area contributed by atoms with Gasteiger partial charge < -0.3 is 15.4 Å². The third kappa shape index (κ3) is 3.20. The fraction of sp³-hybridized carbons (Fsp3) is 0.733. The van der Waals surface area contributed by atoms with Crippen LogP contribution in [0.15, 0.2) is 6.07 Å². The van der Waals surface area contributed by atoms with Gasteiger partial charge in [0.15, 0.2) is 0 Å². The Balaban J connectivity index is 1.63. The van der Waals surface area contributed by atoms with E-state index in [1.807, 2.05) is 6.07 Å². The molecule has 1 heterocycles. The van der Waals surface area contributed by atoms with E-state index >= 15 is 0 Å². The number of hydrogen-bond donors (Lipinski definition) is 2. The molecule has 1 aromatic rings. The Morgan fingerprint density at radius 2 is 1.95 bits per heavy atom. The van der Waals surface area contributed by atoms with Crippen LogP contribution in [-0.4, -0.2) is 35.3 Å². The molecule has 2 fully saturated rings. The van der Waals surface area contributed by atoms with Crippen LogP contribution in [0.4, 0.5) is 11.6 Å². The summed E-state index contributed by atoms with van der Waals surface area (Å²) in [5.74, 6) is 3.46. The molecule has 0 amide bonds. The summed E-state index contributed by atoms with van der Waals surface area (Å²) in [7, 11) is 0.